The summed E-state index contributed by atoms with van der Waals surface area (Å²) in [6, 6.07) is 1.61. The Morgan fingerprint density at radius 1 is 1.43 bits per heavy atom. The monoisotopic (exact) mass is 333 g/mol. The fourth-order valence-corrected chi connectivity index (χ4v) is 4.24. The Kier molecular flexibility index (Phi) is 7.79. The molecule has 3 N–H and O–H groups in total. The van der Waals surface area contributed by atoms with Gasteiger partial charge in [0, 0.05) is 31.0 Å². The normalized spacial score (nSPS) is 13.5. The Labute approximate surface area is 132 Å². The molecule has 0 aliphatic rings. The van der Waals surface area contributed by atoms with E-state index in [1.54, 1.807) is 12.3 Å². The van der Waals surface area contributed by atoms with Crippen molar-refractivity contribution in [3.63, 3.8) is 0 Å². The summed E-state index contributed by atoms with van der Waals surface area (Å²) in [5, 5.41) is 0. The van der Waals surface area contributed by atoms with Gasteiger partial charge in [-0.2, -0.15) is 11.8 Å². The molecule has 1 rings (SSSR count). The van der Waals surface area contributed by atoms with E-state index in [0.29, 0.717) is 11.4 Å². The van der Waals surface area contributed by atoms with Gasteiger partial charge in [-0.25, -0.2) is 13.1 Å². The summed E-state index contributed by atoms with van der Waals surface area (Å²) in [6.45, 7) is 7.19. The number of nitrogens with two attached hydrogens (primary N) is 1. The summed E-state index contributed by atoms with van der Waals surface area (Å²) < 4.78 is 29.4. The smallest absolute Gasteiger partial charge is 0.242 e. The lowest BCUT2D eigenvalue weighted by Crippen LogP contribution is -2.32. The lowest BCUT2D eigenvalue weighted by atomic mass is 10.3. The van der Waals surface area contributed by atoms with Gasteiger partial charge in [0.1, 0.15) is 0 Å². The summed E-state index contributed by atoms with van der Waals surface area (Å²) in [7, 11) is -3.46. The van der Waals surface area contributed by atoms with Crippen molar-refractivity contribution in [1.82, 2.24) is 9.29 Å². The summed E-state index contributed by atoms with van der Waals surface area (Å²) >= 11 is 1.82. The first-order valence-electron chi connectivity index (χ1n) is 7.43. The van der Waals surface area contributed by atoms with Crippen LogP contribution in [-0.4, -0.2) is 30.5 Å². The van der Waals surface area contributed by atoms with E-state index in [2.05, 4.69) is 18.6 Å². The van der Waals surface area contributed by atoms with Crippen molar-refractivity contribution >= 4 is 21.8 Å². The van der Waals surface area contributed by atoms with Gasteiger partial charge in [0.05, 0.1) is 4.90 Å². The Morgan fingerprint density at radius 3 is 2.71 bits per heavy atom. The maximum absolute atomic E-state index is 12.4. The molecule has 0 fully saturated rings. The third kappa shape index (κ3) is 5.65. The number of nitrogens with one attached hydrogen (secondary N) is 1. The first-order chi connectivity index (χ1) is 9.94. The molecular formula is C14H27N3O2S2. The number of nitrogens with zero attached hydrogens (tertiary/aromatic N) is 1. The van der Waals surface area contributed by atoms with E-state index in [4.69, 9.17) is 5.73 Å². The van der Waals surface area contributed by atoms with E-state index >= 15 is 0 Å². The van der Waals surface area contributed by atoms with E-state index in [-0.39, 0.29) is 6.04 Å². The van der Waals surface area contributed by atoms with Crippen LogP contribution >= 0.6 is 11.8 Å². The van der Waals surface area contributed by atoms with Crippen molar-refractivity contribution < 1.29 is 8.42 Å². The molecule has 21 heavy (non-hydrogen) atoms. The van der Waals surface area contributed by atoms with Crippen LogP contribution in [0, 0.1) is 0 Å². The van der Waals surface area contributed by atoms with Gasteiger partial charge in [-0.3, -0.25) is 0 Å². The van der Waals surface area contributed by atoms with Crippen molar-refractivity contribution in [2.24, 2.45) is 5.73 Å². The second-order valence-corrected chi connectivity index (χ2v) is 8.18. The number of hydrogen-bond donors (Lipinski definition) is 2. The molecule has 0 radical (unpaired) electrons. The summed E-state index contributed by atoms with van der Waals surface area (Å²) in [6.07, 6.45) is 3.46. The molecule has 1 atom stereocenters. The number of hydrogen-bond acceptors (Lipinski definition) is 4. The lowest BCUT2D eigenvalue weighted by molar-refractivity contribution is 0.556. The Morgan fingerprint density at radius 2 is 2.14 bits per heavy atom. The Bertz CT molecular complexity index is 526. The van der Waals surface area contributed by atoms with E-state index < -0.39 is 10.0 Å². The van der Waals surface area contributed by atoms with Crippen molar-refractivity contribution in [3.8, 4) is 0 Å². The molecule has 0 spiro atoms. The fraction of sp³-hybridized carbons (Fsp3) is 0.714. The van der Waals surface area contributed by atoms with Crippen LogP contribution in [0.4, 0.5) is 0 Å². The zero-order valence-electron chi connectivity index (χ0n) is 13.1. The highest BCUT2D eigenvalue weighted by molar-refractivity contribution is 7.99. The second kappa shape index (κ2) is 8.82. The van der Waals surface area contributed by atoms with Crippen molar-refractivity contribution in [3.05, 3.63) is 18.0 Å². The van der Waals surface area contributed by atoms with Crippen LogP contribution in [0.15, 0.2) is 17.2 Å². The molecule has 0 bridgehead atoms. The minimum Gasteiger partial charge on any atom is -0.349 e. The minimum atomic E-state index is -3.46. The Balaban J connectivity index is 2.77. The molecule has 0 aromatic carbocycles. The van der Waals surface area contributed by atoms with Gasteiger partial charge in [0.25, 0.3) is 0 Å². The van der Waals surface area contributed by atoms with Crippen LogP contribution in [0.25, 0.3) is 0 Å². The molecule has 5 nitrogen and oxygen atoms in total. The highest BCUT2D eigenvalue weighted by atomic mass is 32.2. The first-order valence-corrected chi connectivity index (χ1v) is 10.1. The molecule has 0 amide bonds. The summed E-state index contributed by atoms with van der Waals surface area (Å²) in [4.78, 5) is 0.311. The molecule has 122 valence electrons. The van der Waals surface area contributed by atoms with Gasteiger partial charge in [0.15, 0.2) is 0 Å². The van der Waals surface area contributed by atoms with Crippen LogP contribution in [0.2, 0.25) is 0 Å². The number of rotatable bonds is 10. The third-order valence-electron chi connectivity index (χ3n) is 3.20. The first kappa shape index (κ1) is 18.5. The molecule has 0 aliphatic heterocycles. The second-order valence-electron chi connectivity index (χ2n) is 5.07. The minimum absolute atomic E-state index is 0.0649. The number of aryl methyl sites for hydroxylation is 1. The van der Waals surface area contributed by atoms with Crippen LogP contribution in [-0.2, 0) is 23.1 Å². The molecule has 0 saturated heterocycles. The van der Waals surface area contributed by atoms with Gasteiger partial charge in [-0.05, 0) is 37.3 Å². The SMILES string of the molecule is CCCn1cc(S(=O)(=O)NC(C)CCSCC)cc1CN. The summed E-state index contributed by atoms with van der Waals surface area (Å²) in [5.74, 6) is 2.02. The number of sulfonamides is 1. The molecule has 1 aromatic heterocycles. The maximum Gasteiger partial charge on any atom is 0.242 e. The Hall–Kier alpha value is -0.500. The number of thioether (sulfide) groups is 1. The molecule has 1 aromatic rings. The van der Waals surface area contributed by atoms with Crippen LogP contribution in [0.5, 0.6) is 0 Å². The van der Waals surface area contributed by atoms with Gasteiger partial charge < -0.3 is 10.3 Å². The zero-order valence-corrected chi connectivity index (χ0v) is 14.8. The average molecular weight is 334 g/mol. The van der Waals surface area contributed by atoms with Gasteiger partial charge in [0.2, 0.25) is 10.0 Å². The zero-order chi connectivity index (χ0) is 15.9. The molecule has 1 unspecified atom stereocenters. The quantitative estimate of drug-likeness (QED) is 0.643. The van der Waals surface area contributed by atoms with Crippen molar-refractivity contribution in [2.45, 2.75) is 57.6 Å². The lowest BCUT2D eigenvalue weighted by Gasteiger charge is -2.13. The third-order valence-corrected chi connectivity index (χ3v) is 5.69. The van der Waals surface area contributed by atoms with Crippen molar-refractivity contribution in [2.75, 3.05) is 11.5 Å². The van der Waals surface area contributed by atoms with Gasteiger partial charge >= 0.3 is 0 Å². The standard InChI is InChI=1S/C14H27N3O2S2/c1-4-7-17-11-14(9-13(17)10-15)21(18,19)16-12(3)6-8-20-5-2/h9,11-12,16H,4-8,10,15H2,1-3H3. The van der Waals surface area contributed by atoms with E-state index in [1.807, 2.05) is 23.3 Å². The molecular weight excluding hydrogens is 306 g/mol. The fourth-order valence-electron chi connectivity index (χ4n) is 2.09. The maximum atomic E-state index is 12.4. The van der Waals surface area contributed by atoms with E-state index in [9.17, 15) is 8.42 Å². The van der Waals surface area contributed by atoms with Crippen LogP contribution in [0.3, 0.4) is 0 Å². The predicted octanol–water partition coefficient (Wildman–Crippen LogP) is 2.17. The van der Waals surface area contributed by atoms with Gasteiger partial charge in [-0.15, -0.1) is 0 Å². The average Bonchev–Trinajstić information content (AvgIpc) is 2.83. The topological polar surface area (TPSA) is 77.1 Å². The van der Waals surface area contributed by atoms with E-state index in [0.717, 1.165) is 36.6 Å². The highest BCUT2D eigenvalue weighted by Crippen LogP contribution is 2.16. The van der Waals surface area contributed by atoms with Crippen molar-refractivity contribution in [1.29, 1.82) is 0 Å². The molecule has 1 heterocycles. The summed E-state index contributed by atoms with van der Waals surface area (Å²) in [5.41, 5.74) is 6.53. The molecule has 7 heteroatoms. The molecule has 0 saturated carbocycles. The van der Waals surface area contributed by atoms with Gasteiger partial charge in [-0.1, -0.05) is 13.8 Å². The highest BCUT2D eigenvalue weighted by Gasteiger charge is 2.20. The number of aromatic nitrogens is 1. The van der Waals surface area contributed by atoms with Crippen LogP contribution < -0.4 is 10.5 Å². The predicted molar refractivity (Wildman–Crippen MR) is 90.0 cm³/mol. The molecule has 0 aliphatic carbocycles. The largest absolute Gasteiger partial charge is 0.349 e. The van der Waals surface area contributed by atoms with E-state index in [1.165, 1.54) is 0 Å². The van der Waals surface area contributed by atoms with Crippen LogP contribution in [0.1, 0.15) is 39.3 Å².